The quantitative estimate of drug-likeness (QED) is 0.363. The van der Waals surface area contributed by atoms with E-state index in [9.17, 15) is 26.8 Å². The van der Waals surface area contributed by atoms with Gasteiger partial charge in [0.15, 0.2) is 31.6 Å². The van der Waals surface area contributed by atoms with Crippen LogP contribution in [0.1, 0.15) is 37.1 Å². The molecule has 3 aromatic rings. The minimum Gasteiger partial charge on any atom is -0.483 e. The van der Waals surface area contributed by atoms with E-state index in [-0.39, 0.29) is 33.0 Å². The number of sulfone groups is 1. The lowest BCUT2D eigenvalue weighted by Crippen LogP contribution is -2.26. The highest BCUT2D eigenvalue weighted by Crippen LogP contribution is 2.35. The van der Waals surface area contributed by atoms with Crippen LogP contribution in [0.4, 0.5) is 13.9 Å². The first-order chi connectivity index (χ1) is 17.6. The van der Waals surface area contributed by atoms with E-state index in [1.54, 1.807) is 6.92 Å². The van der Waals surface area contributed by atoms with Crippen LogP contribution in [0.25, 0.3) is 0 Å². The summed E-state index contributed by atoms with van der Waals surface area (Å²) in [5, 5.41) is 11.4. The summed E-state index contributed by atoms with van der Waals surface area (Å²) in [5.41, 5.74) is 0.314. The fourth-order valence-corrected chi connectivity index (χ4v) is 5.99. The smallest absolute Gasteiger partial charge is 0.309 e. The standard InChI is InChI=1S/C24H22F2N2O7S2/c1-2-34-23-18(12-20(29)30)27-24(36-23)28-22(31)21(35-19-10-5-14(25)11-17(19)26)13-3-6-15(7-4-13)37(32,33)16-8-9-16/h3-7,10-11,16,21H,2,8-9,12H2,1H3,(H,29,30)(H,27,28,31). The molecule has 13 heteroatoms. The number of aromatic nitrogens is 1. The molecule has 4 rings (SSSR count). The first-order valence-electron chi connectivity index (χ1n) is 11.2. The third kappa shape index (κ3) is 6.23. The average molecular weight is 553 g/mol. The number of nitrogens with zero attached hydrogens (tertiary/aromatic N) is 1. The second-order valence-electron chi connectivity index (χ2n) is 8.13. The highest BCUT2D eigenvalue weighted by atomic mass is 32.2. The van der Waals surface area contributed by atoms with Gasteiger partial charge < -0.3 is 14.6 Å². The van der Waals surface area contributed by atoms with Crippen molar-refractivity contribution >= 4 is 38.2 Å². The number of anilines is 1. The third-order valence-electron chi connectivity index (χ3n) is 5.34. The van der Waals surface area contributed by atoms with E-state index in [4.69, 9.17) is 14.6 Å². The molecule has 1 aromatic heterocycles. The molecule has 0 spiro atoms. The van der Waals surface area contributed by atoms with Gasteiger partial charge in [0.05, 0.1) is 23.2 Å². The van der Waals surface area contributed by atoms with Crippen LogP contribution in [0, 0.1) is 11.6 Å². The number of carboxylic acid groups (broad SMARTS) is 1. The van der Waals surface area contributed by atoms with E-state index in [1.165, 1.54) is 24.3 Å². The van der Waals surface area contributed by atoms with Crippen LogP contribution >= 0.6 is 11.3 Å². The number of benzene rings is 2. The number of ether oxygens (including phenoxy) is 2. The van der Waals surface area contributed by atoms with E-state index in [0.717, 1.165) is 23.5 Å². The summed E-state index contributed by atoms with van der Waals surface area (Å²) in [6.45, 7) is 1.95. The van der Waals surface area contributed by atoms with Gasteiger partial charge in [0, 0.05) is 11.6 Å². The van der Waals surface area contributed by atoms with E-state index >= 15 is 0 Å². The number of amides is 1. The molecule has 1 aliphatic carbocycles. The number of aliphatic carboxylic acids is 1. The summed E-state index contributed by atoms with van der Waals surface area (Å²) in [6.07, 6.45) is -0.744. The van der Waals surface area contributed by atoms with Crippen LogP contribution in [0.15, 0.2) is 47.4 Å². The summed E-state index contributed by atoms with van der Waals surface area (Å²) in [7, 11) is -3.48. The summed E-state index contributed by atoms with van der Waals surface area (Å²) < 4.78 is 63.8. The predicted molar refractivity (Wildman–Crippen MR) is 130 cm³/mol. The van der Waals surface area contributed by atoms with Gasteiger partial charge in [-0.15, -0.1) is 0 Å². The third-order valence-corrected chi connectivity index (χ3v) is 8.54. The summed E-state index contributed by atoms with van der Waals surface area (Å²) in [5.74, 6) is -4.23. The Morgan fingerprint density at radius 3 is 2.49 bits per heavy atom. The number of carbonyl (C=O) groups excluding carboxylic acids is 1. The van der Waals surface area contributed by atoms with Crippen LogP contribution in [0.5, 0.6) is 10.8 Å². The Bertz CT molecular complexity index is 1420. The molecule has 1 unspecified atom stereocenters. The molecular weight excluding hydrogens is 530 g/mol. The second-order valence-corrected chi connectivity index (χ2v) is 11.3. The molecule has 2 N–H and O–H groups in total. The zero-order valence-corrected chi connectivity index (χ0v) is 21.1. The van der Waals surface area contributed by atoms with E-state index in [1.807, 2.05) is 0 Å². The first-order valence-corrected chi connectivity index (χ1v) is 13.6. The van der Waals surface area contributed by atoms with Crippen LogP contribution in [-0.2, 0) is 25.8 Å². The molecule has 0 radical (unpaired) electrons. The van der Waals surface area contributed by atoms with Crippen molar-refractivity contribution < 1.29 is 41.4 Å². The topological polar surface area (TPSA) is 132 Å². The fourth-order valence-electron chi connectivity index (χ4n) is 3.43. The fraction of sp³-hybridized carbons (Fsp3) is 0.292. The van der Waals surface area contributed by atoms with Gasteiger partial charge in [-0.25, -0.2) is 22.2 Å². The molecule has 1 fully saturated rings. The highest BCUT2D eigenvalue weighted by Gasteiger charge is 2.37. The molecule has 0 saturated heterocycles. The van der Waals surface area contributed by atoms with Crippen molar-refractivity contribution in [2.75, 3.05) is 11.9 Å². The second kappa shape index (κ2) is 10.8. The Balaban J connectivity index is 1.64. The molecule has 1 atom stereocenters. The number of carbonyl (C=O) groups is 2. The first kappa shape index (κ1) is 26.5. The Hall–Kier alpha value is -3.58. The molecule has 9 nitrogen and oxygen atoms in total. The Labute approximate surface area is 215 Å². The minimum atomic E-state index is -3.48. The zero-order chi connectivity index (χ0) is 26.7. The van der Waals surface area contributed by atoms with E-state index in [0.29, 0.717) is 18.9 Å². The SMILES string of the molecule is CCOc1sc(NC(=O)C(Oc2ccc(F)cc2F)c2ccc(S(=O)(=O)C3CC3)cc2)nc1CC(=O)O. The van der Waals surface area contributed by atoms with Gasteiger partial charge in [-0.2, -0.15) is 0 Å². The predicted octanol–water partition coefficient (Wildman–Crippen LogP) is 4.14. The molecule has 1 amide bonds. The van der Waals surface area contributed by atoms with Crippen molar-refractivity contribution in [1.29, 1.82) is 0 Å². The molecular formula is C24H22F2N2O7S2. The van der Waals surface area contributed by atoms with Gasteiger partial charge in [-0.05, 0) is 44.0 Å². The van der Waals surface area contributed by atoms with Gasteiger partial charge >= 0.3 is 5.97 Å². The number of hydrogen-bond donors (Lipinski definition) is 2. The van der Waals surface area contributed by atoms with Crippen LogP contribution in [-0.4, -0.2) is 42.2 Å². The van der Waals surface area contributed by atoms with Crippen LogP contribution in [0.2, 0.25) is 0 Å². The van der Waals surface area contributed by atoms with Crippen molar-refractivity contribution in [2.45, 2.75) is 42.4 Å². The van der Waals surface area contributed by atoms with Crippen molar-refractivity contribution in [2.24, 2.45) is 0 Å². The number of halogens is 2. The lowest BCUT2D eigenvalue weighted by atomic mass is 10.1. The normalized spacial score (nSPS) is 14.1. The molecule has 0 aliphatic heterocycles. The van der Waals surface area contributed by atoms with Gasteiger partial charge in [-0.3, -0.25) is 14.9 Å². The molecule has 1 heterocycles. The van der Waals surface area contributed by atoms with Crippen LogP contribution < -0.4 is 14.8 Å². The summed E-state index contributed by atoms with van der Waals surface area (Å²) >= 11 is 0.907. The lowest BCUT2D eigenvalue weighted by molar-refractivity contribution is -0.136. The molecule has 2 aromatic carbocycles. The van der Waals surface area contributed by atoms with E-state index < -0.39 is 56.9 Å². The Kier molecular flexibility index (Phi) is 7.73. The summed E-state index contributed by atoms with van der Waals surface area (Å²) in [6, 6.07) is 8.03. The number of rotatable bonds is 11. The van der Waals surface area contributed by atoms with E-state index in [2.05, 4.69) is 10.3 Å². The highest BCUT2D eigenvalue weighted by molar-refractivity contribution is 7.92. The molecule has 37 heavy (non-hydrogen) atoms. The lowest BCUT2D eigenvalue weighted by Gasteiger charge is -2.19. The van der Waals surface area contributed by atoms with Gasteiger partial charge in [-0.1, -0.05) is 23.5 Å². The number of hydrogen-bond acceptors (Lipinski definition) is 8. The van der Waals surface area contributed by atoms with Crippen LogP contribution in [0.3, 0.4) is 0 Å². The summed E-state index contributed by atoms with van der Waals surface area (Å²) in [4.78, 5) is 28.6. The van der Waals surface area contributed by atoms with Crippen molar-refractivity contribution in [3.8, 4) is 10.8 Å². The van der Waals surface area contributed by atoms with Crippen molar-refractivity contribution in [1.82, 2.24) is 4.98 Å². The number of carboxylic acids is 1. The van der Waals surface area contributed by atoms with Gasteiger partial charge in [0.1, 0.15) is 11.5 Å². The monoisotopic (exact) mass is 552 g/mol. The van der Waals surface area contributed by atoms with Crippen molar-refractivity contribution in [3.05, 3.63) is 65.4 Å². The van der Waals surface area contributed by atoms with Gasteiger partial charge in [0.25, 0.3) is 5.91 Å². The Morgan fingerprint density at radius 1 is 1.19 bits per heavy atom. The number of nitrogens with one attached hydrogen (secondary N) is 1. The average Bonchev–Trinajstić information content (AvgIpc) is 3.64. The zero-order valence-electron chi connectivity index (χ0n) is 19.4. The Morgan fingerprint density at radius 2 is 1.89 bits per heavy atom. The molecule has 1 aliphatic rings. The maximum absolute atomic E-state index is 14.3. The maximum atomic E-state index is 14.3. The largest absolute Gasteiger partial charge is 0.483 e. The molecule has 0 bridgehead atoms. The minimum absolute atomic E-state index is 0.0193. The maximum Gasteiger partial charge on any atom is 0.309 e. The molecule has 1 saturated carbocycles. The number of thiazole rings is 1. The molecule has 196 valence electrons. The van der Waals surface area contributed by atoms with Crippen molar-refractivity contribution in [3.63, 3.8) is 0 Å². The van der Waals surface area contributed by atoms with Gasteiger partial charge in [0.2, 0.25) is 6.10 Å².